The highest BCUT2D eigenvalue weighted by atomic mass is 35.5. The molecular formula is C16H20ClNO5S2. The number of carbonyl (C=O) groups excluding carboxylic acids is 2. The summed E-state index contributed by atoms with van der Waals surface area (Å²) in [5, 5.41) is 0.254. The van der Waals surface area contributed by atoms with Crippen LogP contribution in [0.1, 0.15) is 23.7 Å². The second-order valence-electron chi connectivity index (χ2n) is 5.66. The van der Waals surface area contributed by atoms with E-state index >= 15 is 0 Å². The Bertz CT molecular complexity index is 766. The van der Waals surface area contributed by atoms with E-state index in [-0.39, 0.29) is 28.1 Å². The van der Waals surface area contributed by atoms with Gasteiger partial charge in [-0.2, -0.15) is 0 Å². The molecular weight excluding hydrogens is 386 g/mol. The molecule has 1 fully saturated rings. The molecule has 1 amide bonds. The van der Waals surface area contributed by atoms with Crippen LogP contribution in [0.25, 0.3) is 0 Å². The molecule has 6 nitrogen and oxygen atoms in total. The second kappa shape index (κ2) is 8.42. The number of hydrogen-bond acceptors (Lipinski definition) is 6. The van der Waals surface area contributed by atoms with Gasteiger partial charge in [0.2, 0.25) is 0 Å². The number of ether oxygens (including phenoxy) is 1. The third-order valence-electron chi connectivity index (χ3n) is 4.03. The van der Waals surface area contributed by atoms with E-state index in [1.807, 2.05) is 6.26 Å². The number of rotatable bonds is 6. The van der Waals surface area contributed by atoms with Gasteiger partial charge in [0.05, 0.1) is 22.1 Å². The van der Waals surface area contributed by atoms with Crippen LogP contribution < -0.4 is 0 Å². The molecule has 0 saturated carbocycles. The van der Waals surface area contributed by atoms with Crippen molar-refractivity contribution in [2.75, 3.05) is 30.9 Å². The van der Waals surface area contributed by atoms with Crippen molar-refractivity contribution in [2.24, 2.45) is 0 Å². The molecule has 0 unspecified atom stereocenters. The first kappa shape index (κ1) is 20.1. The monoisotopic (exact) mass is 405 g/mol. The summed E-state index contributed by atoms with van der Waals surface area (Å²) in [7, 11) is -3.09. The molecule has 9 heteroatoms. The van der Waals surface area contributed by atoms with Gasteiger partial charge in [-0.3, -0.25) is 4.79 Å². The average Bonchev–Trinajstić information content (AvgIpc) is 2.93. The zero-order valence-electron chi connectivity index (χ0n) is 14.0. The molecule has 25 heavy (non-hydrogen) atoms. The summed E-state index contributed by atoms with van der Waals surface area (Å²) in [6, 6.07) is 4.65. The Labute approximate surface area is 156 Å². The highest BCUT2D eigenvalue weighted by Gasteiger charge is 2.34. The lowest BCUT2D eigenvalue weighted by molar-refractivity contribution is -0.136. The summed E-state index contributed by atoms with van der Waals surface area (Å²) in [6.07, 6.45) is 2.29. The SMILES string of the molecule is CCN(C(=O)COC(=O)c1cc(SC)ccc1Cl)[C@@H]1CCS(=O)(=O)C1. The van der Waals surface area contributed by atoms with Crippen LogP contribution in [-0.4, -0.2) is 62.1 Å². The second-order valence-corrected chi connectivity index (χ2v) is 9.17. The minimum atomic E-state index is -3.09. The number of hydrogen-bond donors (Lipinski definition) is 0. The maximum absolute atomic E-state index is 12.3. The Morgan fingerprint density at radius 3 is 2.68 bits per heavy atom. The summed E-state index contributed by atoms with van der Waals surface area (Å²) in [4.78, 5) is 26.8. The molecule has 0 spiro atoms. The van der Waals surface area contributed by atoms with E-state index in [1.54, 1.807) is 25.1 Å². The maximum atomic E-state index is 12.3. The number of likely N-dealkylation sites (N-methyl/N-ethyl adjacent to an activating group) is 1. The number of halogens is 1. The molecule has 0 N–H and O–H groups in total. The summed E-state index contributed by atoms with van der Waals surface area (Å²) in [5.74, 6) is -1.04. The number of esters is 1. The van der Waals surface area contributed by atoms with Crippen molar-refractivity contribution < 1.29 is 22.7 Å². The quantitative estimate of drug-likeness (QED) is 0.533. The number of nitrogens with zero attached hydrogens (tertiary/aromatic N) is 1. The van der Waals surface area contributed by atoms with Crippen LogP contribution in [0.3, 0.4) is 0 Å². The fourth-order valence-corrected chi connectivity index (χ4v) is 5.10. The van der Waals surface area contributed by atoms with Crippen LogP contribution in [0.5, 0.6) is 0 Å². The van der Waals surface area contributed by atoms with Crippen molar-refractivity contribution in [3.63, 3.8) is 0 Å². The van der Waals surface area contributed by atoms with E-state index in [4.69, 9.17) is 16.3 Å². The lowest BCUT2D eigenvalue weighted by atomic mass is 10.2. The zero-order valence-corrected chi connectivity index (χ0v) is 16.4. The van der Waals surface area contributed by atoms with Gasteiger partial charge < -0.3 is 9.64 Å². The van der Waals surface area contributed by atoms with Crippen LogP contribution in [0.4, 0.5) is 0 Å². The number of amides is 1. The lowest BCUT2D eigenvalue weighted by Gasteiger charge is -2.26. The van der Waals surface area contributed by atoms with E-state index in [2.05, 4.69) is 0 Å². The smallest absolute Gasteiger partial charge is 0.340 e. The Balaban J connectivity index is 2.00. The predicted octanol–water partition coefficient (Wildman–Crippen LogP) is 2.25. The first-order chi connectivity index (χ1) is 11.8. The third-order valence-corrected chi connectivity index (χ3v) is 6.84. The topological polar surface area (TPSA) is 80.8 Å². The van der Waals surface area contributed by atoms with Crippen LogP contribution in [0, 0.1) is 0 Å². The largest absolute Gasteiger partial charge is 0.452 e. The third kappa shape index (κ3) is 5.12. The summed E-state index contributed by atoms with van der Waals surface area (Å²) in [5.41, 5.74) is 0.202. The summed E-state index contributed by atoms with van der Waals surface area (Å²) >= 11 is 7.48. The first-order valence-corrected chi connectivity index (χ1v) is 11.2. The van der Waals surface area contributed by atoms with Gasteiger partial charge >= 0.3 is 5.97 Å². The number of carbonyl (C=O) groups is 2. The van der Waals surface area contributed by atoms with Crippen molar-refractivity contribution >= 4 is 45.1 Å². The minimum absolute atomic E-state index is 0.0396. The average molecular weight is 406 g/mol. The molecule has 1 aromatic carbocycles. The molecule has 0 radical (unpaired) electrons. The molecule has 1 saturated heterocycles. The Hall–Kier alpha value is -1.25. The van der Waals surface area contributed by atoms with Crippen molar-refractivity contribution in [3.8, 4) is 0 Å². The molecule has 1 aliphatic heterocycles. The normalized spacial score (nSPS) is 18.8. The van der Waals surface area contributed by atoms with Gasteiger partial charge in [-0.25, -0.2) is 13.2 Å². The van der Waals surface area contributed by atoms with Crippen LogP contribution in [0.15, 0.2) is 23.1 Å². The van der Waals surface area contributed by atoms with Gasteiger partial charge in [-0.05, 0) is 37.8 Å². The number of benzene rings is 1. The molecule has 1 aromatic rings. The standard InChI is InChI=1S/C16H20ClNO5S2/c1-3-18(11-6-7-25(21,22)10-11)15(19)9-23-16(20)13-8-12(24-2)4-5-14(13)17/h4-5,8,11H,3,6-7,9-10H2,1-2H3/t11-/m1/s1. The van der Waals surface area contributed by atoms with Crippen molar-refractivity contribution in [3.05, 3.63) is 28.8 Å². The summed E-state index contributed by atoms with van der Waals surface area (Å²) in [6.45, 7) is 1.69. The summed E-state index contributed by atoms with van der Waals surface area (Å²) < 4.78 is 28.3. The van der Waals surface area contributed by atoms with E-state index in [0.717, 1.165) is 4.90 Å². The molecule has 0 bridgehead atoms. The Morgan fingerprint density at radius 2 is 2.12 bits per heavy atom. The van der Waals surface area contributed by atoms with Gasteiger partial charge in [0, 0.05) is 17.5 Å². The van der Waals surface area contributed by atoms with Gasteiger partial charge in [0.1, 0.15) is 0 Å². The predicted molar refractivity (Wildman–Crippen MR) is 98.0 cm³/mol. The highest BCUT2D eigenvalue weighted by molar-refractivity contribution is 7.98. The fourth-order valence-electron chi connectivity index (χ4n) is 2.74. The van der Waals surface area contributed by atoms with E-state index in [9.17, 15) is 18.0 Å². The van der Waals surface area contributed by atoms with Gasteiger partial charge in [-0.1, -0.05) is 11.6 Å². The molecule has 1 atom stereocenters. The lowest BCUT2D eigenvalue weighted by Crippen LogP contribution is -2.43. The van der Waals surface area contributed by atoms with Crippen LogP contribution in [0.2, 0.25) is 5.02 Å². The van der Waals surface area contributed by atoms with Crippen molar-refractivity contribution in [1.82, 2.24) is 4.90 Å². The van der Waals surface area contributed by atoms with Gasteiger partial charge in [0.25, 0.3) is 5.91 Å². The Morgan fingerprint density at radius 1 is 1.40 bits per heavy atom. The molecule has 138 valence electrons. The van der Waals surface area contributed by atoms with Crippen molar-refractivity contribution in [2.45, 2.75) is 24.3 Å². The molecule has 0 aromatic heterocycles. The molecule has 0 aliphatic carbocycles. The van der Waals surface area contributed by atoms with Gasteiger partial charge in [-0.15, -0.1) is 11.8 Å². The van der Waals surface area contributed by atoms with Crippen LogP contribution >= 0.6 is 23.4 Å². The minimum Gasteiger partial charge on any atom is -0.452 e. The van der Waals surface area contributed by atoms with E-state index < -0.39 is 28.3 Å². The maximum Gasteiger partial charge on any atom is 0.340 e. The zero-order chi connectivity index (χ0) is 18.6. The van der Waals surface area contributed by atoms with Gasteiger partial charge in [0.15, 0.2) is 16.4 Å². The van der Waals surface area contributed by atoms with E-state index in [1.165, 1.54) is 16.7 Å². The highest BCUT2D eigenvalue weighted by Crippen LogP contribution is 2.24. The fraction of sp³-hybridized carbons (Fsp3) is 0.500. The molecule has 1 heterocycles. The first-order valence-electron chi connectivity index (χ1n) is 7.78. The molecule has 1 aliphatic rings. The van der Waals surface area contributed by atoms with E-state index in [0.29, 0.717) is 13.0 Å². The Kier molecular flexibility index (Phi) is 6.76. The number of sulfone groups is 1. The molecule has 2 rings (SSSR count). The van der Waals surface area contributed by atoms with Crippen molar-refractivity contribution in [1.29, 1.82) is 0 Å². The van der Waals surface area contributed by atoms with Crippen LogP contribution in [-0.2, 0) is 19.4 Å². The number of thioether (sulfide) groups is 1.